The molecular formula is C18H34O4. The zero-order chi connectivity index (χ0) is 17.2. The summed E-state index contributed by atoms with van der Waals surface area (Å²) in [6.07, 6.45) is 6.19. The number of carbonyl (C=O) groups is 2. The molecule has 0 amide bonds. The molecule has 0 saturated heterocycles. The van der Waals surface area contributed by atoms with Crippen LogP contribution in [0.25, 0.3) is 0 Å². The smallest absolute Gasteiger partial charge is 0.247 e. The zero-order valence-corrected chi connectivity index (χ0v) is 15.3. The average molecular weight is 314 g/mol. The average Bonchev–Trinajstić information content (AvgIpc) is 2.35. The topological polar surface area (TPSA) is 52.6 Å². The van der Waals surface area contributed by atoms with Gasteiger partial charge in [0.2, 0.25) is 0 Å². The van der Waals surface area contributed by atoms with Crippen molar-refractivity contribution in [3.05, 3.63) is 0 Å². The van der Waals surface area contributed by atoms with E-state index in [1.165, 1.54) is 0 Å². The fraction of sp³-hybridized carbons (Fsp3) is 0.889. The van der Waals surface area contributed by atoms with Gasteiger partial charge in [0, 0.05) is 0 Å². The number of hydrogen-bond acceptors (Lipinski definition) is 4. The highest BCUT2D eigenvalue weighted by molar-refractivity contribution is 5.72. The van der Waals surface area contributed by atoms with Crippen LogP contribution in [0.3, 0.4) is 0 Å². The van der Waals surface area contributed by atoms with Gasteiger partial charge >= 0.3 is 11.9 Å². The lowest BCUT2D eigenvalue weighted by Crippen LogP contribution is -2.12. The molecule has 0 aromatic carbocycles. The standard InChI is InChI=1S/C18H34O4/c1-17(2,3)13-9-7-11-15(19)21-22-16(20)12-8-10-14-18(4,5)6/h7-14H2,1-6H3. The molecule has 22 heavy (non-hydrogen) atoms. The molecule has 0 aliphatic heterocycles. The molecule has 0 rings (SSSR count). The van der Waals surface area contributed by atoms with Crippen LogP contribution < -0.4 is 0 Å². The molecule has 0 fully saturated rings. The van der Waals surface area contributed by atoms with Gasteiger partial charge in [-0.2, -0.15) is 0 Å². The maximum absolute atomic E-state index is 11.4. The van der Waals surface area contributed by atoms with E-state index in [4.69, 9.17) is 0 Å². The first-order valence-electron chi connectivity index (χ1n) is 8.40. The van der Waals surface area contributed by atoms with Crippen LogP contribution in [-0.4, -0.2) is 11.9 Å². The van der Waals surface area contributed by atoms with E-state index in [-0.39, 0.29) is 10.8 Å². The molecule has 0 spiro atoms. The first-order chi connectivity index (χ1) is 9.99. The van der Waals surface area contributed by atoms with Crippen molar-refractivity contribution in [2.45, 2.75) is 92.9 Å². The Morgan fingerprint density at radius 1 is 0.636 bits per heavy atom. The Morgan fingerprint density at radius 2 is 0.955 bits per heavy atom. The highest BCUT2D eigenvalue weighted by Crippen LogP contribution is 2.23. The van der Waals surface area contributed by atoms with Crippen LogP contribution in [0.5, 0.6) is 0 Å². The SMILES string of the molecule is CC(C)(C)CCCCC(=O)OOC(=O)CCCCC(C)(C)C. The van der Waals surface area contributed by atoms with E-state index in [1.54, 1.807) is 0 Å². The summed E-state index contributed by atoms with van der Waals surface area (Å²) in [6.45, 7) is 13.0. The van der Waals surface area contributed by atoms with E-state index in [2.05, 4.69) is 51.3 Å². The van der Waals surface area contributed by atoms with E-state index in [0.29, 0.717) is 12.8 Å². The lowest BCUT2D eigenvalue weighted by atomic mass is 9.89. The third-order valence-electron chi connectivity index (χ3n) is 3.34. The fourth-order valence-electron chi connectivity index (χ4n) is 2.03. The van der Waals surface area contributed by atoms with Gasteiger partial charge in [-0.25, -0.2) is 19.4 Å². The van der Waals surface area contributed by atoms with Crippen LogP contribution in [0.15, 0.2) is 0 Å². The van der Waals surface area contributed by atoms with Crippen LogP contribution in [0.1, 0.15) is 92.9 Å². The largest absolute Gasteiger partial charge is 0.355 e. The van der Waals surface area contributed by atoms with Gasteiger partial charge in [0.15, 0.2) is 0 Å². The second-order valence-corrected chi connectivity index (χ2v) is 8.45. The number of carbonyl (C=O) groups excluding carboxylic acids is 2. The van der Waals surface area contributed by atoms with E-state index in [9.17, 15) is 9.59 Å². The van der Waals surface area contributed by atoms with E-state index >= 15 is 0 Å². The predicted octanol–water partition coefficient (Wildman–Crippen LogP) is 5.20. The Hall–Kier alpha value is -1.06. The molecule has 0 saturated carbocycles. The monoisotopic (exact) mass is 314 g/mol. The summed E-state index contributed by atoms with van der Waals surface area (Å²) in [6, 6.07) is 0. The quantitative estimate of drug-likeness (QED) is 0.351. The van der Waals surface area contributed by atoms with Crippen molar-refractivity contribution in [2.75, 3.05) is 0 Å². The number of unbranched alkanes of at least 4 members (excludes halogenated alkanes) is 2. The molecule has 0 bridgehead atoms. The fourth-order valence-corrected chi connectivity index (χ4v) is 2.03. The maximum atomic E-state index is 11.4. The van der Waals surface area contributed by atoms with Crippen LogP contribution in [0.4, 0.5) is 0 Å². The minimum absolute atomic E-state index is 0.281. The van der Waals surface area contributed by atoms with Crippen molar-refractivity contribution >= 4 is 11.9 Å². The summed E-state index contributed by atoms with van der Waals surface area (Å²) >= 11 is 0. The summed E-state index contributed by atoms with van der Waals surface area (Å²) in [7, 11) is 0. The van der Waals surface area contributed by atoms with Gasteiger partial charge in [0.05, 0.1) is 12.8 Å². The summed E-state index contributed by atoms with van der Waals surface area (Å²) in [5, 5.41) is 0. The van der Waals surface area contributed by atoms with Crippen LogP contribution >= 0.6 is 0 Å². The first kappa shape index (κ1) is 20.9. The molecule has 0 heterocycles. The van der Waals surface area contributed by atoms with Gasteiger partial charge in [0.1, 0.15) is 0 Å². The molecule has 0 unspecified atom stereocenters. The molecule has 0 aliphatic carbocycles. The molecule has 0 aliphatic rings. The van der Waals surface area contributed by atoms with Crippen LogP contribution in [-0.2, 0) is 19.4 Å². The highest BCUT2D eigenvalue weighted by Gasteiger charge is 2.13. The zero-order valence-electron chi connectivity index (χ0n) is 15.3. The van der Waals surface area contributed by atoms with Gasteiger partial charge in [0.25, 0.3) is 0 Å². The minimum atomic E-state index is -0.461. The molecule has 0 atom stereocenters. The minimum Gasteiger partial charge on any atom is -0.247 e. The Balaban J connectivity index is 3.59. The van der Waals surface area contributed by atoms with Crippen LogP contribution in [0, 0.1) is 10.8 Å². The van der Waals surface area contributed by atoms with Crippen LogP contribution in [0.2, 0.25) is 0 Å². The Morgan fingerprint density at radius 3 is 1.23 bits per heavy atom. The summed E-state index contributed by atoms with van der Waals surface area (Å²) in [5.41, 5.74) is 0.562. The predicted molar refractivity (Wildman–Crippen MR) is 88.0 cm³/mol. The molecule has 0 aromatic rings. The third kappa shape index (κ3) is 15.3. The normalized spacial score (nSPS) is 12.1. The lowest BCUT2D eigenvalue weighted by Gasteiger charge is -2.17. The van der Waals surface area contributed by atoms with Crippen molar-refractivity contribution in [1.82, 2.24) is 0 Å². The molecular weight excluding hydrogens is 280 g/mol. The summed E-state index contributed by atoms with van der Waals surface area (Å²) in [4.78, 5) is 32.0. The summed E-state index contributed by atoms with van der Waals surface area (Å²) < 4.78 is 0. The summed E-state index contributed by atoms with van der Waals surface area (Å²) in [5.74, 6) is -0.922. The van der Waals surface area contributed by atoms with Crippen molar-refractivity contribution < 1.29 is 19.4 Å². The molecule has 0 N–H and O–H groups in total. The van der Waals surface area contributed by atoms with E-state index in [0.717, 1.165) is 38.5 Å². The number of rotatable bonds is 8. The Bertz CT molecular complexity index is 300. The van der Waals surface area contributed by atoms with Crippen molar-refractivity contribution in [3.8, 4) is 0 Å². The molecule has 4 nitrogen and oxygen atoms in total. The molecule has 130 valence electrons. The molecule has 4 heteroatoms. The first-order valence-corrected chi connectivity index (χ1v) is 8.40. The Kier molecular flexibility index (Phi) is 9.38. The van der Waals surface area contributed by atoms with E-state index < -0.39 is 11.9 Å². The number of hydrogen-bond donors (Lipinski definition) is 0. The molecule has 0 radical (unpaired) electrons. The van der Waals surface area contributed by atoms with Gasteiger partial charge in [-0.05, 0) is 36.5 Å². The second-order valence-electron chi connectivity index (χ2n) is 8.45. The second kappa shape index (κ2) is 9.86. The van der Waals surface area contributed by atoms with Gasteiger partial charge in [-0.1, -0.05) is 54.4 Å². The molecule has 0 aromatic heterocycles. The van der Waals surface area contributed by atoms with Crippen molar-refractivity contribution in [3.63, 3.8) is 0 Å². The lowest BCUT2D eigenvalue weighted by molar-refractivity contribution is -0.259. The van der Waals surface area contributed by atoms with Crippen molar-refractivity contribution in [2.24, 2.45) is 10.8 Å². The van der Waals surface area contributed by atoms with Crippen molar-refractivity contribution in [1.29, 1.82) is 0 Å². The van der Waals surface area contributed by atoms with Gasteiger partial charge < -0.3 is 0 Å². The third-order valence-corrected chi connectivity index (χ3v) is 3.34. The van der Waals surface area contributed by atoms with Gasteiger partial charge in [-0.3, -0.25) is 0 Å². The Labute approximate surface area is 135 Å². The van der Waals surface area contributed by atoms with E-state index in [1.807, 2.05) is 0 Å². The highest BCUT2D eigenvalue weighted by atomic mass is 17.2. The van der Waals surface area contributed by atoms with Gasteiger partial charge in [-0.15, -0.1) is 0 Å². The maximum Gasteiger partial charge on any atom is 0.355 e.